The van der Waals surface area contributed by atoms with E-state index >= 15 is 0 Å². The molecular weight excluding hydrogens is 314 g/mol. The molecule has 0 aromatic heterocycles. The highest BCUT2D eigenvalue weighted by atomic mass is 35.5. The molecule has 2 amide bonds. The summed E-state index contributed by atoms with van der Waals surface area (Å²) in [6.45, 7) is 2.02. The van der Waals surface area contributed by atoms with Gasteiger partial charge in [0, 0.05) is 18.1 Å². The molecule has 3 rings (SSSR count). The Morgan fingerprint density at radius 1 is 1.22 bits per heavy atom. The first kappa shape index (κ1) is 16.3. The van der Waals surface area contributed by atoms with E-state index in [9.17, 15) is 9.59 Å². The SMILES string of the molecule is O=C(NCc1ccc(Cl)cc1)C1CCCN1C(=O)[C@@H]1CCCN1. The highest BCUT2D eigenvalue weighted by Crippen LogP contribution is 2.21. The molecule has 2 aliphatic rings. The van der Waals surface area contributed by atoms with Crippen molar-refractivity contribution in [1.82, 2.24) is 15.5 Å². The second-order valence-electron chi connectivity index (χ2n) is 6.18. The number of nitrogens with zero attached hydrogens (tertiary/aromatic N) is 1. The Bertz CT molecular complexity index is 570. The maximum atomic E-state index is 12.5. The van der Waals surface area contributed by atoms with Gasteiger partial charge in [-0.2, -0.15) is 0 Å². The molecular formula is C17H22ClN3O2. The quantitative estimate of drug-likeness (QED) is 0.880. The minimum atomic E-state index is -0.336. The molecule has 1 aromatic rings. The van der Waals surface area contributed by atoms with E-state index in [0.29, 0.717) is 18.1 Å². The average molecular weight is 336 g/mol. The van der Waals surface area contributed by atoms with Gasteiger partial charge >= 0.3 is 0 Å². The minimum Gasteiger partial charge on any atom is -0.350 e. The summed E-state index contributed by atoms with van der Waals surface area (Å²) >= 11 is 5.86. The van der Waals surface area contributed by atoms with Crippen LogP contribution in [0.25, 0.3) is 0 Å². The summed E-state index contributed by atoms with van der Waals surface area (Å²) < 4.78 is 0. The number of hydrogen-bond acceptors (Lipinski definition) is 3. The molecule has 1 aromatic carbocycles. The van der Waals surface area contributed by atoms with E-state index in [4.69, 9.17) is 11.6 Å². The lowest BCUT2D eigenvalue weighted by atomic mass is 10.1. The Hall–Kier alpha value is -1.59. The number of amides is 2. The van der Waals surface area contributed by atoms with Crippen molar-refractivity contribution < 1.29 is 9.59 Å². The monoisotopic (exact) mass is 335 g/mol. The number of hydrogen-bond donors (Lipinski definition) is 2. The smallest absolute Gasteiger partial charge is 0.243 e. The number of carbonyl (C=O) groups is 2. The van der Waals surface area contributed by atoms with E-state index in [1.807, 2.05) is 12.1 Å². The molecule has 1 unspecified atom stereocenters. The van der Waals surface area contributed by atoms with E-state index in [1.54, 1.807) is 17.0 Å². The molecule has 2 atom stereocenters. The molecule has 124 valence electrons. The van der Waals surface area contributed by atoms with Crippen molar-refractivity contribution >= 4 is 23.4 Å². The molecule has 2 heterocycles. The van der Waals surface area contributed by atoms with Gasteiger partial charge in [-0.15, -0.1) is 0 Å². The van der Waals surface area contributed by atoms with Crippen LogP contribution in [-0.2, 0) is 16.1 Å². The molecule has 0 bridgehead atoms. The molecule has 0 radical (unpaired) electrons. The topological polar surface area (TPSA) is 61.4 Å². The summed E-state index contributed by atoms with van der Waals surface area (Å²) in [6.07, 6.45) is 3.52. The van der Waals surface area contributed by atoms with Crippen molar-refractivity contribution in [3.05, 3.63) is 34.9 Å². The van der Waals surface area contributed by atoms with Crippen LogP contribution in [0, 0.1) is 0 Å². The van der Waals surface area contributed by atoms with Crippen LogP contribution in [0.15, 0.2) is 24.3 Å². The zero-order valence-electron chi connectivity index (χ0n) is 13.1. The lowest BCUT2D eigenvalue weighted by Crippen LogP contribution is -2.50. The minimum absolute atomic E-state index is 0.0659. The van der Waals surface area contributed by atoms with Crippen molar-refractivity contribution in [2.45, 2.75) is 44.3 Å². The van der Waals surface area contributed by atoms with E-state index in [2.05, 4.69) is 10.6 Å². The van der Waals surface area contributed by atoms with Crippen molar-refractivity contribution in [3.8, 4) is 0 Å². The highest BCUT2D eigenvalue weighted by Gasteiger charge is 2.37. The molecule has 0 spiro atoms. The number of halogens is 1. The number of nitrogens with one attached hydrogen (secondary N) is 2. The van der Waals surface area contributed by atoms with Crippen LogP contribution in [0.1, 0.15) is 31.2 Å². The Labute approximate surface area is 141 Å². The fraction of sp³-hybridized carbons (Fsp3) is 0.529. The van der Waals surface area contributed by atoms with Crippen molar-refractivity contribution in [2.24, 2.45) is 0 Å². The Morgan fingerprint density at radius 3 is 2.70 bits per heavy atom. The first-order valence-corrected chi connectivity index (χ1v) is 8.59. The molecule has 0 saturated carbocycles. The van der Waals surface area contributed by atoms with Gasteiger partial charge in [0.2, 0.25) is 11.8 Å². The molecule has 6 heteroatoms. The normalized spacial score (nSPS) is 24.0. The van der Waals surface area contributed by atoms with Gasteiger partial charge in [-0.1, -0.05) is 23.7 Å². The van der Waals surface area contributed by atoms with Gasteiger partial charge in [0.15, 0.2) is 0 Å². The van der Waals surface area contributed by atoms with Gasteiger partial charge in [0.1, 0.15) is 6.04 Å². The van der Waals surface area contributed by atoms with Gasteiger partial charge in [-0.25, -0.2) is 0 Å². The van der Waals surface area contributed by atoms with Gasteiger partial charge in [0.05, 0.1) is 6.04 Å². The van der Waals surface area contributed by atoms with Crippen LogP contribution in [-0.4, -0.2) is 41.9 Å². The van der Waals surface area contributed by atoms with E-state index in [-0.39, 0.29) is 23.9 Å². The maximum Gasteiger partial charge on any atom is 0.243 e. The maximum absolute atomic E-state index is 12.5. The summed E-state index contributed by atoms with van der Waals surface area (Å²) in [6, 6.07) is 6.95. The van der Waals surface area contributed by atoms with Crippen LogP contribution in [0.4, 0.5) is 0 Å². The summed E-state index contributed by atoms with van der Waals surface area (Å²) in [7, 11) is 0. The summed E-state index contributed by atoms with van der Waals surface area (Å²) in [5.41, 5.74) is 0.996. The summed E-state index contributed by atoms with van der Waals surface area (Å²) in [5, 5.41) is 6.84. The third-order valence-electron chi connectivity index (χ3n) is 4.58. The molecule has 23 heavy (non-hydrogen) atoms. The lowest BCUT2D eigenvalue weighted by Gasteiger charge is -2.26. The fourth-order valence-electron chi connectivity index (χ4n) is 3.31. The molecule has 2 N–H and O–H groups in total. The average Bonchev–Trinajstić information content (AvgIpc) is 3.24. The van der Waals surface area contributed by atoms with Crippen molar-refractivity contribution in [3.63, 3.8) is 0 Å². The van der Waals surface area contributed by atoms with Crippen LogP contribution in [0.3, 0.4) is 0 Å². The van der Waals surface area contributed by atoms with Gasteiger partial charge < -0.3 is 15.5 Å². The molecule has 2 fully saturated rings. The third-order valence-corrected chi connectivity index (χ3v) is 4.83. The first-order valence-electron chi connectivity index (χ1n) is 8.21. The molecule has 0 aliphatic carbocycles. The second kappa shape index (κ2) is 7.32. The predicted molar refractivity (Wildman–Crippen MR) is 89.1 cm³/mol. The highest BCUT2D eigenvalue weighted by molar-refractivity contribution is 6.30. The Kier molecular flexibility index (Phi) is 5.18. The van der Waals surface area contributed by atoms with Crippen molar-refractivity contribution in [1.29, 1.82) is 0 Å². The lowest BCUT2D eigenvalue weighted by molar-refractivity contribution is -0.139. The Morgan fingerprint density at radius 2 is 2.00 bits per heavy atom. The third kappa shape index (κ3) is 3.85. The second-order valence-corrected chi connectivity index (χ2v) is 6.62. The molecule has 5 nitrogen and oxygen atoms in total. The van der Waals surface area contributed by atoms with E-state index in [0.717, 1.165) is 37.8 Å². The van der Waals surface area contributed by atoms with Gasteiger partial charge in [-0.05, 0) is 49.9 Å². The van der Waals surface area contributed by atoms with Crippen LogP contribution < -0.4 is 10.6 Å². The zero-order chi connectivity index (χ0) is 16.2. The Balaban J connectivity index is 1.57. The number of carbonyl (C=O) groups excluding carboxylic acids is 2. The van der Waals surface area contributed by atoms with Crippen LogP contribution in [0.2, 0.25) is 5.02 Å². The standard InChI is InChI=1S/C17H22ClN3O2/c18-13-7-5-12(6-8-13)11-20-16(22)15-4-2-10-21(15)17(23)14-3-1-9-19-14/h5-8,14-15,19H,1-4,9-11H2,(H,20,22)/t14-,15?/m0/s1. The summed E-state index contributed by atoms with van der Waals surface area (Å²) in [4.78, 5) is 26.8. The molecule has 2 saturated heterocycles. The number of rotatable bonds is 4. The van der Waals surface area contributed by atoms with Gasteiger partial charge in [-0.3, -0.25) is 9.59 Å². The van der Waals surface area contributed by atoms with Gasteiger partial charge in [0.25, 0.3) is 0 Å². The zero-order valence-corrected chi connectivity index (χ0v) is 13.8. The van der Waals surface area contributed by atoms with Crippen molar-refractivity contribution in [2.75, 3.05) is 13.1 Å². The van der Waals surface area contributed by atoms with E-state index in [1.165, 1.54) is 0 Å². The number of benzene rings is 1. The van der Waals surface area contributed by atoms with Crippen LogP contribution in [0.5, 0.6) is 0 Å². The van der Waals surface area contributed by atoms with Crippen LogP contribution >= 0.6 is 11.6 Å². The number of likely N-dealkylation sites (tertiary alicyclic amines) is 1. The van der Waals surface area contributed by atoms with E-state index < -0.39 is 0 Å². The first-order chi connectivity index (χ1) is 11.1. The summed E-state index contributed by atoms with van der Waals surface area (Å²) in [5.74, 6) is 0.00967. The molecule has 2 aliphatic heterocycles. The largest absolute Gasteiger partial charge is 0.350 e. The fourth-order valence-corrected chi connectivity index (χ4v) is 3.43. The predicted octanol–water partition coefficient (Wildman–Crippen LogP) is 1.70.